The zero-order valence-electron chi connectivity index (χ0n) is 11.1. The molecule has 1 aromatic carbocycles. The lowest BCUT2D eigenvalue weighted by molar-refractivity contribution is 0.625. The van der Waals surface area contributed by atoms with Crippen molar-refractivity contribution in [2.45, 2.75) is 13.8 Å². The van der Waals surface area contributed by atoms with Gasteiger partial charge in [-0.15, -0.1) is 0 Å². The molecule has 0 atom stereocenters. The van der Waals surface area contributed by atoms with Crippen LogP contribution in [0.5, 0.6) is 0 Å². The van der Waals surface area contributed by atoms with Crippen LogP contribution in [0.4, 0.5) is 21.7 Å². The van der Waals surface area contributed by atoms with Gasteiger partial charge in [0.15, 0.2) is 0 Å². The van der Waals surface area contributed by atoms with Gasteiger partial charge in [-0.3, -0.25) is 0 Å². The lowest BCUT2D eigenvalue weighted by Crippen LogP contribution is -2.19. The molecule has 0 aliphatic rings. The van der Waals surface area contributed by atoms with Crippen molar-refractivity contribution >= 4 is 17.3 Å². The number of halogens is 1. The molecule has 0 aliphatic heterocycles. The van der Waals surface area contributed by atoms with E-state index in [2.05, 4.69) is 15.3 Å². The highest BCUT2D eigenvalue weighted by molar-refractivity contribution is 5.62. The lowest BCUT2D eigenvalue weighted by atomic mass is 10.2. The molecule has 2 rings (SSSR count). The molecule has 0 saturated carbocycles. The van der Waals surface area contributed by atoms with Crippen molar-refractivity contribution in [1.82, 2.24) is 9.97 Å². The lowest BCUT2D eigenvalue weighted by Gasteiger charge is -2.22. The molecule has 100 valence electrons. The van der Waals surface area contributed by atoms with E-state index in [0.717, 1.165) is 12.4 Å². The molecule has 4 nitrogen and oxygen atoms in total. The minimum absolute atomic E-state index is 0.257. The van der Waals surface area contributed by atoms with Crippen molar-refractivity contribution in [2.24, 2.45) is 0 Å². The summed E-state index contributed by atoms with van der Waals surface area (Å²) in [6.07, 6.45) is 1.48. The molecule has 0 bridgehead atoms. The van der Waals surface area contributed by atoms with Crippen LogP contribution in [0.2, 0.25) is 0 Å². The second-order valence-corrected chi connectivity index (χ2v) is 3.99. The number of aromatic nitrogens is 2. The molecule has 1 N–H and O–H groups in total. The number of benzene rings is 1. The smallest absolute Gasteiger partial charge is 0.146 e. The standard InChI is InChI=1S/C14H17FN4/c1-3-16-13-9-14(18-10-17-13)19(4-2)12-8-6-5-7-11(12)15/h5-10H,3-4H2,1-2H3,(H,16,17,18). The average Bonchev–Trinajstić information content (AvgIpc) is 2.43. The van der Waals surface area contributed by atoms with Crippen molar-refractivity contribution in [3.63, 3.8) is 0 Å². The minimum Gasteiger partial charge on any atom is -0.370 e. The highest BCUT2D eigenvalue weighted by atomic mass is 19.1. The molecule has 0 amide bonds. The van der Waals surface area contributed by atoms with Crippen LogP contribution < -0.4 is 10.2 Å². The van der Waals surface area contributed by atoms with Gasteiger partial charge >= 0.3 is 0 Å². The fourth-order valence-electron chi connectivity index (χ4n) is 1.90. The Kier molecular flexibility index (Phi) is 4.28. The van der Waals surface area contributed by atoms with Crippen molar-refractivity contribution in [1.29, 1.82) is 0 Å². The monoisotopic (exact) mass is 260 g/mol. The molecule has 2 aromatic rings. The van der Waals surface area contributed by atoms with Crippen LogP contribution in [0.15, 0.2) is 36.7 Å². The first-order valence-electron chi connectivity index (χ1n) is 6.34. The van der Waals surface area contributed by atoms with Gasteiger partial charge < -0.3 is 10.2 Å². The highest BCUT2D eigenvalue weighted by Crippen LogP contribution is 2.26. The SMILES string of the molecule is CCNc1cc(N(CC)c2ccccc2F)ncn1. The van der Waals surface area contributed by atoms with Gasteiger partial charge in [0.1, 0.15) is 23.8 Å². The van der Waals surface area contributed by atoms with E-state index < -0.39 is 0 Å². The number of rotatable bonds is 5. The van der Waals surface area contributed by atoms with Crippen LogP contribution in [-0.2, 0) is 0 Å². The molecule has 0 fully saturated rings. The van der Waals surface area contributed by atoms with Gasteiger partial charge in [0.05, 0.1) is 5.69 Å². The second kappa shape index (κ2) is 6.13. The summed E-state index contributed by atoms with van der Waals surface area (Å²) in [5, 5.41) is 3.12. The van der Waals surface area contributed by atoms with E-state index in [9.17, 15) is 4.39 Å². The highest BCUT2D eigenvalue weighted by Gasteiger charge is 2.13. The van der Waals surface area contributed by atoms with Crippen molar-refractivity contribution in [2.75, 3.05) is 23.3 Å². The third-order valence-corrected chi connectivity index (χ3v) is 2.75. The zero-order chi connectivity index (χ0) is 13.7. The Balaban J connectivity index is 2.37. The van der Waals surface area contributed by atoms with Crippen LogP contribution in [0.3, 0.4) is 0 Å². The number of nitrogens with one attached hydrogen (secondary N) is 1. The van der Waals surface area contributed by atoms with Crippen LogP contribution in [-0.4, -0.2) is 23.1 Å². The van der Waals surface area contributed by atoms with Gasteiger partial charge in [-0.05, 0) is 26.0 Å². The van der Waals surface area contributed by atoms with Crippen LogP contribution in [0, 0.1) is 5.82 Å². The average molecular weight is 260 g/mol. The molecule has 0 radical (unpaired) electrons. The van der Waals surface area contributed by atoms with E-state index >= 15 is 0 Å². The summed E-state index contributed by atoms with van der Waals surface area (Å²) < 4.78 is 13.9. The quantitative estimate of drug-likeness (QED) is 0.896. The Morgan fingerprint density at radius 1 is 1.21 bits per heavy atom. The predicted molar refractivity (Wildman–Crippen MR) is 75.3 cm³/mol. The summed E-state index contributed by atoms with van der Waals surface area (Å²) in [7, 11) is 0. The van der Waals surface area contributed by atoms with E-state index in [1.807, 2.05) is 30.9 Å². The topological polar surface area (TPSA) is 41.0 Å². The number of anilines is 3. The van der Waals surface area contributed by atoms with Crippen molar-refractivity contribution in [3.05, 3.63) is 42.5 Å². The van der Waals surface area contributed by atoms with Crippen molar-refractivity contribution < 1.29 is 4.39 Å². The number of nitrogens with zero attached hydrogens (tertiary/aromatic N) is 3. The Morgan fingerprint density at radius 2 is 2.00 bits per heavy atom. The van der Waals surface area contributed by atoms with E-state index in [1.165, 1.54) is 12.4 Å². The molecule has 1 heterocycles. The Bertz CT molecular complexity index is 544. The van der Waals surface area contributed by atoms with E-state index in [0.29, 0.717) is 18.1 Å². The zero-order valence-corrected chi connectivity index (χ0v) is 11.1. The second-order valence-electron chi connectivity index (χ2n) is 3.99. The molecule has 5 heteroatoms. The number of hydrogen-bond donors (Lipinski definition) is 1. The van der Waals surface area contributed by atoms with E-state index in [-0.39, 0.29) is 5.82 Å². The maximum absolute atomic E-state index is 13.9. The summed E-state index contributed by atoms with van der Waals surface area (Å²) >= 11 is 0. The number of para-hydroxylation sites is 1. The molecular formula is C14H17FN4. The van der Waals surface area contributed by atoms with Gasteiger partial charge in [-0.1, -0.05) is 12.1 Å². The Labute approximate surface area is 112 Å². The van der Waals surface area contributed by atoms with Gasteiger partial charge in [-0.25, -0.2) is 14.4 Å². The molecule has 1 aromatic heterocycles. The van der Waals surface area contributed by atoms with Crippen LogP contribution in [0.25, 0.3) is 0 Å². The number of hydrogen-bond acceptors (Lipinski definition) is 4. The molecule has 0 saturated heterocycles. The van der Waals surface area contributed by atoms with Gasteiger partial charge in [0.2, 0.25) is 0 Å². The molecule has 0 spiro atoms. The molecule has 19 heavy (non-hydrogen) atoms. The third-order valence-electron chi connectivity index (χ3n) is 2.75. The van der Waals surface area contributed by atoms with Gasteiger partial charge in [-0.2, -0.15) is 0 Å². The summed E-state index contributed by atoms with van der Waals surface area (Å²) in [6, 6.07) is 8.50. The fourth-order valence-corrected chi connectivity index (χ4v) is 1.90. The maximum atomic E-state index is 13.9. The first kappa shape index (κ1) is 13.3. The van der Waals surface area contributed by atoms with E-state index in [4.69, 9.17) is 0 Å². The Hall–Kier alpha value is -2.17. The van der Waals surface area contributed by atoms with Gasteiger partial charge in [0, 0.05) is 19.2 Å². The summed E-state index contributed by atoms with van der Waals surface area (Å²) in [6.45, 7) is 5.36. The first-order chi connectivity index (χ1) is 9.26. The summed E-state index contributed by atoms with van der Waals surface area (Å²) in [4.78, 5) is 10.2. The van der Waals surface area contributed by atoms with Gasteiger partial charge in [0.25, 0.3) is 0 Å². The normalized spacial score (nSPS) is 10.3. The first-order valence-corrected chi connectivity index (χ1v) is 6.34. The molecule has 0 unspecified atom stereocenters. The molecular weight excluding hydrogens is 243 g/mol. The largest absolute Gasteiger partial charge is 0.370 e. The predicted octanol–water partition coefficient (Wildman–Crippen LogP) is 3.21. The van der Waals surface area contributed by atoms with Crippen LogP contribution >= 0.6 is 0 Å². The van der Waals surface area contributed by atoms with Crippen molar-refractivity contribution in [3.8, 4) is 0 Å². The minimum atomic E-state index is -0.257. The Morgan fingerprint density at radius 3 is 2.68 bits per heavy atom. The molecule has 0 aliphatic carbocycles. The summed E-state index contributed by atoms with van der Waals surface area (Å²) in [5.74, 6) is 1.16. The van der Waals surface area contributed by atoms with Crippen LogP contribution in [0.1, 0.15) is 13.8 Å². The third kappa shape index (κ3) is 2.99. The fraction of sp³-hybridized carbons (Fsp3) is 0.286. The van der Waals surface area contributed by atoms with E-state index in [1.54, 1.807) is 12.1 Å². The maximum Gasteiger partial charge on any atom is 0.146 e. The summed E-state index contributed by atoms with van der Waals surface area (Å²) in [5.41, 5.74) is 0.520.